The standard InChI is InChI=1S/C14H24N2O2S/c1-3-4-7-16(8-9-17)11-14(18)15-12(2)13-6-5-10-19-13/h5-6,10,12,17H,3-4,7-9,11H2,1-2H3,(H,15,18). The molecule has 0 aliphatic rings. The van der Waals surface area contributed by atoms with E-state index in [9.17, 15) is 4.79 Å². The molecule has 19 heavy (non-hydrogen) atoms. The molecule has 5 heteroatoms. The predicted molar refractivity (Wildman–Crippen MR) is 79.3 cm³/mol. The Morgan fingerprint density at radius 1 is 1.53 bits per heavy atom. The summed E-state index contributed by atoms with van der Waals surface area (Å²) in [5.74, 6) is 0.0189. The second-order valence-corrected chi connectivity index (χ2v) is 5.64. The molecule has 1 atom stereocenters. The number of thiophene rings is 1. The topological polar surface area (TPSA) is 52.6 Å². The van der Waals surface area contributed by atoms with Crippen molar-refractivity contribution in [3.8, 4) is 0 Å². The van der Waals surface area contributed by atoms with Crippen LogP contribution in [0.15, 0.2) is 17.5 Å². The lowest BCUT2D eigenvalue weighted by Gasteiger charge is -2.21. The molecule has 4 nitrogen and oxygen atoms in total. The van der Waals surface area contributed by atoms with E-state index >= 15 is 0 Å². The highest BCUT2D eigenvalue weighted by atomic mass is 32.1. The van der Waals surface area contributed by atoms with Gasteiger partial charge in [0.2, 0.25) is 5.91 Å². The van der Waals surface area contributed by atoms with Crippen LogP contribution in [0.1, 0.15) is 37.6 Å². The highest BCUT2D eigenvalue weighted by molar-refractivity contribution is 7.10. The molecule has 0 saturated carbocycles. The van der Waals surface area contributed by atoms with E-state index in [2.05, 4.69) is 12.2 Å². The van der Waals surface area contributed by atoms with Crippen molar-refractivity contribution < 1.29 is 9.90 Å². The van der Waals surface area contributed by atoms with Gasteiger partial charge in [-0.15, -0.1) is 11.3 Å². The third kappa shape index (κ3) is 6.18. The van der Waals surface area contributed by atoms with Crippen LogP contribution in [0.25, 0.3) is 0 Å². The summed E-state index contributed by atoms with van der Waals surface area (Å²) in [5.41, 5.74) is 0. The first-order valence-electron chi connectivity index (χ1n) is 6.83. The Hall–Kier alpha value is -0.910. The number of carbonyl (C=O) groups excluding carboxylic acids is 1. The molecule has 0 aliphatic carbocycles. The lowest BCUT2D eigenvalue weighted by Crippen LogP contribution is -2.39. The maximum atomic E-state index is 12.0. The molecule has 0 spiro atoms. The van der Waals surface area contributed by atoms with Gasteiger partial charge < -0.3 is 10.4 Å². The Balaban J connectivity index is 2.38. The second-order valence-electron chi connectivity index (χ2n) is 4.66. The van der Waals surface area contributed by atoms with Crippen molar-refractivity contribution in [1.29, 1.82) is 0 Å². The fraction of sp³-hybridized carbons (Fsp3) is 0.643. The molecular weight excluding hydrogens is 260 g/mol. The smallest absolute Gasteiger partial charge is 0.234 e. The van der Waals surface area contributed by atoms with Gasteiger partial charge in [0.25, 0.3) is 0 Å². The Kier molecular flexibility index (Phi) is 7.70. The summed E-state index contributed by atoms with van der Waals surface area (Å²) in [6, 6.07) is 4.06. The number of rotatable bonds is 9. The van der Waals surface area contributed by atoms with Crippen LogP contribution >= 0.6 is 11.3 Å². The normalized spacial score (nSPS) is 12.6. The summed E-state index contributed by atoms with van der Waals surface area (Å²) >= 11 is 1.65. The summed E-state index contributed by atoms with van der Waals surface area (Å²) in [4.78, 5) is 15.1. The van der Waals surface area contributed by atoms with Crippen molar-refractivity contribution >= 4 is 17.2 Å². The number of carbonyl (C=O) groups is 1. The summed E-state index contributed by atoms with van der Waals surface area (Å²) in [6.45, 7) is 5.98. The molecule has 1 aromatic rings. The van der Waals surface area contributed by atoms with Crippen LogP contribution in [-0.2, 0) is 4.79 Å². The largest absolute Gasteiger partial charge is 0.395 e. The fourth-order valence-electron chi connectivity index (χ4n) is 1.89. The molecule has 1 rings (SSSR count). The van der Waals surface area contributed by atoms with Crippen molar-refractivity contribution in [2.45, 2.75) is 32.7 Å². The van der Waals surface area contributed by atoms with E-state index in [0.717, 1.165) is 24.3 Å². The summed E-state index contributed by atoms with van der Waals surface area (Å²) in [5, 5.41) is 14.0. The highest BCUT2D eigenvalue weighted by Gasteiger charge is 2.13. The van der Waals surface area contributed by atoms with Gasteiger partial charge in [-0.05, 0) is 31.3 Å². The molecule has 1 aromatic heterocycles. The van der Waals surface area contributed by atoms with Gasteiger partial charge in [-0.2, -0.15) is 0 Å². The maximum Gasteiger partial charge on any atom is 0.234 e. The number of amides is 1. The van der Waals surface area contributed by atoms with Gasteiger partial charge in [-0.3, -0.25) is 9.69 Å². The number of aliphatic hydroxyl groups is 1. The highest BCUT2D eigenvalue weighted by Crippen LogP contribution is 2.17. The summed E-state index contributed by atoms with van der Waals surface area (Å²) in [6.07, 6.45) is 2.14. The molecule has 0 aliphatic heterocycles. The van der Waals surface area contributed by atoms with Crippen molar-refractivity contribution in [2.24, 2.45) is 0 Å². The average molecular weight is 284 g/mol. The average Bonchev–Trinajstić information content (AvgIpc) is 2.90. The third-order valence-electron chi connectivity index (χ3n) is 2.96. The molecule has 0 aromatic carbocycles. The molecule has 1 heterocycles. The maximum absolute atomic E-state index is 12.0. The van der Waals surface area contributed by atoms with Crippen LogP contribution in [0.2, 0.25) is 0 Å². The van der Waals surface area contributed by atoms with Crippen LogP contribution < -0.4 is 5.32 Å². The van der Waals surface area contributed by atoms with Gasteiger partial charge in [0, 0.05) is 11.4 Å². The van der Waals surface area contributed by atoms with E-state index in [1.807, 2.05) is 29.3 Å². The van der Waals surface area contributed by atoms with Crippen molar-refractivity contribution in [3.05, 3.63) is 22.4 Å². The van der Waals surface area contributed by atoms with E-state index in [-0.39, 0.29) is 18.6 Å². The Morgan fingerprint density at radius 2 is 2.32 bits per heavy atom. The molecule has 1 amide bonds. The Morgan fingerprint density at radius 3 is 2.89 bits per heavy atom. The van der Waals surface area contributed by atoms with Gasteiger partial charge in [0.05, 0.1) is 19.2 Å². The van der Waals surface area contributed by atoms with Gasteiger partial charge in [0.15, 0.2) is 0 Å². The molecule has 0 saturated heterocycles. The van der Waals surface area contributed by atoms with E-state index in [4.69, 9.17) is 5.11 Å². The van der Waals surface area contributed by atoms with Crippen LogP contribution in [0.5, 0.6) is 0 Å². The number of unbranched alkanes of at least 4 members (excludes halogenated alkanes) is 1. The quantitative estimate of drug-likeness (QED) is 0.729. The first-order valence-corrected chi connectivity index (χ1v) is 7.71. The minimum atomic E-state index is 0.0189. The van der Waals surface area contributed by atoms with Crippen LogP contribution in [-0.4, -0.2) is 42.2 Å². The lowest BCUT2D eigenvalue weighted by atomic mass is 10.2. The molecule has 0 bridgehead atoms. The fourth-order valence-corrected chi connectivity index (χ4v) is 2.63. The van der Waals surface area contributed by atoms with Crippen molar-refractivity contribution in [1.82, 2.24) is 10.2 Å². The number of aliphatic hydroxyl groups excluding tert-OH is 1. The number of hydrogen-bond donors (Lipinski definition) is 2. The minimum Gasteiger partial charge on any atom is -0.395 e. The summed E-state index contributed by atoms with van der Waals surface area (Å²) in [7, 11) is 0. The first kappa shape index (κ1) is 16.1. The van der Waals surface area contributed by atoms with Gasteiger partial charge in [-0.25, -0.2) is 0 Å². The second kappa shape index (κ2) is 9.07. The molecule has 0 radical (unpaired) electrons. The Labute approximate surface area is 119 Å². The van der Waals surface area contributed by atoms with Gasteiger partial charge >= 0.3 is 0 Å². The number of nitrogens with one attached hydrogen (secondary N) is 1. The zero-order valence-electron chi connectivity index (χ0n) is 11.8. The number of nitrogens with zero attached hydrogens (tertiary/aromatic N) is 1. The zero-order valence-corrected chi connectivity index (χ0v) is 12.6. The molecule has 1 unspecified atom stereocenters. The van der Waals surface area contributed by atoms with Crippen molar-refractivity contribution in [2.75, 3.05) is 26.2 Å². The molecule has 2 N–H and O–H groups in total. The van der Waals surface area contributed by atoms with E-state index in [1.54, 1.807) is 11.3 Å². The van der Waals surface area contributed by atoms with Gasteiger partial charge in [0.1, 0.15) is 0 Å². The SMILES string of the molecule is CCCCN(CCO)CC(=O)NC(C)c1cccs1. The third-order valence-corrected chi connectivity index (χ3v) is 4.01. The monoisotopic (exact) mass is 284 g/mol. The van der Waals surface area contributed by atoms with Crippen molar-refractivity contribution in [3.63, 3.8) is 0 Å². The van der Waals surface area contributed by atoms with Crippen LogP contribution in [0.3, 0.4) is 0 Å². The summed E-state index contributed by atoms with van der Waals surface area (Å²) < 4.78 is 0. The predicted octanol–water partition coefficient (Wildman–Crippen LogP) is 2.02. The number of hydrogen-bond acceptors (Lipinski definition) is 4. The van der Waals surface area contributed by atoms with E-state index in [1.165, 1.54) is 0 Å². The zero-order chi connectivity index (χ0) is 14.1. The Bertz CT molecular complexity index is 354. The molecule has 0 fully saturated rings. The molecule has 108 valence electrons. The minimum absolute atomic E-state index is 0.0189. The lowest BCUT2D eigenvalue weighted by molar-refractivity contribution is -0.123. The molecular formula is C14H24N2O2S. The van der Waals surface area contributed by atoms with Crippen LogP contribution in [0.4, 0.5) is 0 Å². The van der Waals surface area contributed by atoms with Crippen LogP contribution in [0, 0.1) is 0 Å². The van der Waals surface area contributed by atoms with Gasteiger partial charge in [-0.1, -0.05) is 19.4 Å². The van der Waals surface area contributed by atoms with E-state index < -0.39 is 0 Å². The van der Waals surface area contributed by atoms with E-state index in [0.29, 0.717) is 13.1 Å². The first-order chi connectivity index (χ1) is 9.17.